The van der Waals surface area contributed by atoms with Crippen LogP contribution in [0.25, 0.3) is 0 Å². The minimum absolute atomic E-state index is 0.207. The van der Waals surface area contributed by atoms with Crippen molar-refractivity contribution in [2.75, 3.05) is 0 Å². The van der Waals surface area contributed by atoms with Crippen LogP contribution in [0.2, 0.25) is 0 Å². The van der Waals surface area contributed by atoms with Crippen molar-refractivity contribution in [2.24, 2.45) is 0 Å². The number of nitrogens with one attached hydrogen (secondary N) is 1. The lowest BCUT2D eigenvalue weighted by Crippen LogP contribution is -2.46. The van der Waals surface area contributed by atoms with E-state index in [-0.39, 0.29) is 17.2 Å². The zero-order chi connectivity index (χ0) is 13.9. The van der Waals surface area contributed by atoms with Crippen molar-refractivity contribution in [3.63, 3.8) is 0 Å². The number of carbonyl (C=O) groups is 1. The predicted molar refractivity (Wildman–Crippen MR) is 70.4 cm³/mol. The topological polar surface area (TPSA) is 72.2 Å². The van der Waals surface area contributed by atoms with Gasteiger partial charge in [-0.1, -0.05) is 5.16 Å². The van der Waals surface area contributed by atoms with Gasteiger partial charge in [0.05, 0.1) is 11.4 Å². The molecule has 18 heavy (non-hydrogen) atoms. The smallest absolute Gasteiger partial charge is 0.235 e. The number of aryl methyl sites for hydroxylation is 1. The Labute approximate surface area is 110 Å². The van der Waals surface area contributed by atoms with Crippen LogP contribution in [0.3, 0.4) is 0 Å². The van der Waals surface area contributed by atoms with Crippen LogP contribution in [0.4, 0.5) is 0 Å². The summed E-state index contributed by atoms with van der Waals surface area (Å²) in [7, 11) is -1.30. The Morgan fingerprint density at radius 1 is 1.56 bits per heavy atom. The molecule has 0 radical (unpaired) electrons. The van der Waals surface area contributed by atoms with Crippen molar-refractivity contribution in [1.82, 2.24) is 10.5 Å². The molecule has 1 rings (SSSR count). The first-order chi connectivity index (χ1) is 8.19. The van der Waals surface area contributed by atoms with Crippen LogP contribution in [0.15, 0.2) is 10.6 Å². The molecule has 1 heterocycles. The van der Waals surface area contributed by atoms with Gasteiger partial charge in [0.25, 0.3) is 0 Å². The Morgan fingerprint density at radius 3 is 2.61 bits per heavy atom. The minimum Gasteiger partial charge on any atom is -0.361 e. The van der Waals surface area contributed by atoms with Gasteiger partial charge in [-0.25, -0.2) is 0 Å². The molecule has 5 nitrogen and oxygen atoms in total. The van der Waals surface area contributed by atoms with E-state index >= 15 is 0 Å². The Bertz CT molecular complexity index is 448. The molecule has 1 aromatic rings. The maximum Gasteiger partial charge on any atom is 0.235 e. The molecule has 0 bridgehead atoms. The van der Waals surface area contributed by atoms with E-state index in [2.05, 4.69) is 10.5 Å². The molecule has 6 heteroatoms. The number of rotatable bonds is 4. The van der Waals surface area contributed by atoms with E-state index in [9.17, 15) is 9.00 Å². The molecule has 0 aliphatic heterocycles. The highest BCUT2D eigenvalue weighted by Gasteiger charge is 2.24. The van der Waals surface area contributed by atoms with Gasteiger partial charge >= 0.3 is 0 Å². The van der Waals surface area contributed by atoms with Crippen LogP contribution in [-0.2, 0) is 21.3 Å². The number of nitrogens with zero attached hydrogens (tertiary/aromatic N) is 1. The van der Waals surface area contributed by atoms with Gasteiger partial charge in [0, 0.05) is 22.4 Å². The first-order valence-electron chi connectivity index (χ1n) is 5.80. The van der Waals surface area contributed by atoms with Gasteiger partial charge in [-0.3, -0.25) is 9.00 Å². The van der Waals surface area contributed by atoms with Crippen LogP contribution >= 0.6 is 0 Å². The summed E-state index contributed by atoms with van der Waals surface area (Å²) in [6.45, 7) is 9.10. The Kier molecular flexibility index (Phi) is 4.67. The summed E-state index contributed by atoms with van der Waals surface area (Å²) in [6.07, 6.45) is 0. The highest BCUT2D eigenvalue weighted by Crippen LogP contribution is 2.09. The summed E-state index contributed by atoms with van der Waals surface area (Å²) in [4.78, 5) is 11.8. The molecule has 0 saturated heterocycles. The standard InChI is InChI=1S/C12H20N2O3S/c1-8-6-10(14-17-8)7-18(16)9(2)11(15)13-12(3,4)5/h6,9H,7H2,1-5H3,(H,13,15)/t9-,18+/m1/s1. The molecule has 0 aromatic carbocycles. The molecular weight excluding hydrogens is 252 g/mol. The third kappa shape index (κ3) is 4.60. The van der Waals surface area contributed by atoms with Crippen molar-refractivity contribution < 1.29 is 13.5 Å². The van der Waals surface area contributed by atoms with Crippen molar-refractivity contribution >= 4 is 16.7 Å². The monoisotopic (exact) mass is 272 g/mol. The third-order valence-corrected chi connectivity index (χ3v) is 3.81. The van der Waals surface area contributed by atoms with Crippen molar-refractivity contribution in [3.05, 3.63) is 17.5 Å². The molecule has 0 saturated carbocycles. The lowest BCUT2D eigenvalue weighted by Gasteiger charge is -2.22. The van der Waals surface area contributed by atoms with Crippen molar-refractivity contribution in [3.8, 4) is 0 Å². The van der Waals surface area contributed by atoms with Crippen LogP contribution in [0.1, 0.15) is 39.1 Å². The molecule has 1 amide bonds. The summed E-state index contributed by atoms with van der Waals surface area (Å²) < 4.78 is 16.9. The number of aromatic nitrogens is 1. The Hall–Kier alpha value is -1.17. The molecule has 102 valence electrons. The molecule has 0 aliphatic carbocycles. The summed E-state index contributed by atoms with van der Waals surface area (Å²) >= 11 is 0. The second-order valence-corrected chi connectivity index (χ2v) is 7.09. The van der Waals surface area contributed by atoms with E-state index in [0.29, 0.717) is 11.5 Å². The highest BCUT2D eigenvalue weighted by molar-refractivity contribution is 7.85. The van der Waals surface area contributed by atoms with Crippen LogP contribution in [0.5, 0.6) is 0 Å². The average Bonchev–Trinajstić information content (AvgIpc) is 2.60. The zero-order valence-corrected chi connectivity index (χ0v) is 12.3. The van der Waals surface area contributed by atoms with E-state index < -0.39 is 16.0 Å². The maximum atomic E-state index is 12.0. The van der Waals surface area contributed by atoms with Gasteiger partial charge in [-0.15, -0.1) is 0 Å². The van der Waals surface area contributed by atoms with Crippen molar-refractivity contribution in [2.45, 2.75) is 51.2 Å². The second kappa shape index (κ2) is 5.65. The Balaban J connectivity index is 2.59. The minimum atomic E-state index is -1.30. The quantitative estimate of drug-likeness (QED) is 0.902. The lowest BCUT2D eigenvalue weighted by molar-refractivity contribution is -0.121. The fourth-order valence-electron chi connectivity index (χ4n) is 1.35. The van der Waals surface area contributed by atoms with Gasteiger partial charge in [0.2, 0.25) is 5.91 Å². The SMILES string of the molecule is Cc1cc(C[S@](=O)[C@H](C)C(=O)NC(C)(C)C)no1. The van der Waals surface area contributed by atoms with Gasteiger partial charge in [-0.2, -0.15) is 0 Å². The molecule has 0 spiro atoms. The first kappa shape index (κ1) is 14.9. The number of amides is 1. The van der Waals surface area contributed by atoms with Gasteiger partial charge in [0.15, 0.2) is 0 Å². The molecule has 2 atom stereocenters. The van der Waals surface area contributed by atoms with Gasteiger partial charge < -0.3 is 9.84 Å². The van der Waals surface area contributed by atoms with Gasteiger partial charge in [0.1, 0.15) is 11.0 Å². The molecule has 1 aromatic heterocycles. The molecular formula is C12H20N2O3S. The van der Waals surface area contributed by atoms with Crippen LogP contribution in [-0.4, -0.2) is 26.1 Å². The van der Waals surface area contributed by atoms with Crippen LogP contribution < -0.4 is 5.32 Å². The van der Waals surface area contributed by atoms with E-state index in [1.807, 2.05) is 20.8 Å². The van der Waals surface area contributed by atoms with E-state index in [1.165, 1.54) is 0 Å². The fraction of sp³-hybridized carbons (Fsp3) is 0.667. The summed E-state index contributed by atoms with van der Waals surface area (Å²) in [5.74, 6) is 0.700. The molecule has 0 fully saturated rings. The number of carbonyl (C=O) groups excluding carboxylic acids is 1. The second-order valence-electron chi connectivity index (χ2n) is 5.34. The normalized spacial score (nSPS) is 15.2. The maximum absolute atomic E-state index is 12.0. The Morgan fingerprint density at radius 2 is 2.17 bits per heavy atom. The largest absolute Gasteiger partial charge is 0.361 e. The fourth-order valence-corrected chi connectivity index (χ4v) is 2.32. The predicted octanol–water partition coefficient (Wildman–Crippen LogP) is 1.53. The molecule has 0 aliphatic rings. The zero-order valence-electron chi connectivity index (χ0n) is 11.4. The molecule has 0 unspecified atom stereocenters. The summed E-state index contributed by atoms with van der Waals surface area (Å²) in [6, 6.07) is 1.73. The van der Waals surface area contributed by atoms with Crippen molar-refractivity contribution in [1.29, 1.82) is 0 Å². The summed E-state index contributed by atoms with van der Waals surface area (Å²) in [5.41, 5.74) is 0.293. The average molecular weight is 272 g/mol. The highest BCUT2D eigenvalue weighted by atomic mass is 32.2. The van der Waals surface area contributed by atoms with E-state index in [1.54, 1.807) is 19.9 Å². The van der Waals surface area contributed by atoms with E-state index in [4.69, 9.17) is 4.52 Å². The lowest BCUT2D eigenvalue weighted by atomic mass is 10.1. The van der Waals surface area contributed by atoms with Gasteiger partial charge in [-0.05, 0) is 34.6 Å². The number of hydrogen-bond acceptors (Lipinski definition) is 4. The van der Waals surface area contributed by atoms with E-state index in [0.717, 1.165) is 0 Å². The third-order valence-electron chi connectivity index (χ3n) is 2.23. The number of hydrogen-bond donors (Lipinski definition) is 1. The summed E-state index contributed by atoms with van der Waals surface area (Å²) in [5, 5.41) is 6.02. The van der Waals surface area contributed by atoms with Crippen LogP contribution in [0, 0.1) is 6.92 Å². The molecule has 1 N–H and O–H groups in total. The first-order valence-corrected chi connectivity index (χ1v) is 7.18.